The molecule has 1 aromatic carbocycles. The Bertz CT molecular complexity index is 655. The summed E-state index contributed by atoms with van der Waals surface area (Å²) < 4.78 is 0. The van der Waals surface area contributed by atoms with Crippen molar-refractivity contribution in [2.45, 2.75) is 13.5 Å². The van der Waals surface area contributed by atoms with Crippen molar-refractivity contribution in [1.29, 1.82) is 0 Å². The minimum atomic E-state index is -0.245. The third-order valence-corrected chi connectivity index (χ3v) is 2.45. The first-order valence-electron chi connectivity index (χ1n) is 5.91. The molecule has 1 aromatic heterocycles. The zero-order valence-corrected chi connectivity index (χ0v) is 10.8. The molecule has 0 spiro atoms. The quantitative estimate of drug-likeness (QED) is 0.670. The van der Waals surface area contributed by atoms with Crippen molar-refractivity contribution in [2.75, 3.05) is 6.61 Å². The van der Waals surface area contributed by atoms with Crippen molar-refractivity contribution in [3.8, 4) is 11.8 Å². The van der Waals surface area contributed by atoms with Crippen LogP contribution in [0.2, 0.25) is 0 Å². The number of aliphatic hydroxyl groups excluding tert-OH is 1. The highest BCUT2D eigenvalue weighted by molar-refractivity contribution is 5.94. The van der Waals surface area contributed by atoms with Crippen LogP contribution in [0.15, 0.2) is 18.2 Å². The maximum Gasteiger partial charge on any atom is 0.251 e. The first-order chi connectivity index (χ1) is 9.69. The summed E-state index contributed by atoms with van der Waals surface area (Å²) in [7, 11) is 0. The molecule has 0 fully saturated rings. The molecule has 0 saturated heterocycles. The van der Waals surface area contributed by atoms with Gasteiger partial charge < -0.3 is 10.4 Å². The van der Waals surface area contributed by atoms with Gasteiger partial charge in [0.1, 0.15) is 6.61 Å². The number of rotatable bonds is 3. The molecule has 0 bridgehead atoms. The van der Waals surface area contributed by atoms with E-state index in [0.29, 0.717) is 17.0 Å². The van der Waals surface area contributed by atoms with E-state index in [4.69, 9.17) is 5.11 Å². The molecule has 1 heterocycles. The monoisotopic (exact) mass is 271 g/mol. The van der Waals surface area contributed by atoms with E-state index in [0.717, 1.165) is 5.56 Å². The molecular weight excluding hydrogens is 258 g/mol. The molecule has 20 heavy (non-hydrogen) atoms. The number of H-pyrrole nitrogens is 1. The van der Waals surface area contributed by atoms with E-state index in [1.165, 1.54) is 0 Å². The number of nitrogens with zero attached hydrogens (tertiary/aromatic N) is 3. The van der Waals surface area contributed by atoms with Crippen LogP contribution in [0.25, 0.3) is 0 Å². The van der Waals surface area contributed by atoms with Gasteiger partial charge in [0.2, 0.25) is 0 Å². The number of aromatic nitrogens is 4. The molecule has 0 saturated carbocycles. The largest absolute Gasteiger partial charge is 0.384 e. The number of carbonyl (C=O) groups excluding carboxylic acids is 1. The van der Waals surface area contributed by atoms with E-state index in [9.17, 15) is 4.79 Å². The second kappa shape index (κ2) is 6.45. The van der Waals surface area contributed by atoms with Gasteiger partial charge in [0.25, 0.3) is 5.91 Å². The highest BCUT2D eigenvalue weighted by atomic mass is 16.2. The predicted octanol–water partition coefficient (Wildman–Crippen LogP) is -0.218. The normalized spacial score (nSPS) is 9.70. The smallest absolute Gasteiger partial charge is 0.251 e. The van der Waals surface area contributed by atoms with Crippen LogP contribution in [0.3, 0.4) is 0 Å². The Morgan fingerprint density at radius 1 is 1.45 bits per heavy atom. The summed E-state index contributed by atoms with van der Waals surface area (Å²) in [5.41, 5.74) is 2.10. The summed E-state index contributed by atoms with van der Waals surface area (Å²) in [6.07, 6.45) is 0. The molecule has 0 radical (unpaired) electrons. The number of nitrogens with one attached hydrogen (secondary N) is 2. The van der Waals surface area contributed by atoms with Crippen LogP contribution in [-0.2, 0) is 6.54 Å². The van der Waals surface area contributed by atoms with Crippen molar-refractivity contribution in [2.24, 2.45) is 0 Å². The lowest BCUT2D eigenvalue weighted by Gasteiger charge is -2.04. The van der Waals surface area contributed by atoms with E-state index in [1.54, 1.807) is 12.1 Å². The minimum absolute atomic E-state index is 0.195. The molecule has 0 aliphatic carbocycles. The van der Waals surface area contributed by atoms with Crippen LogP contribution < -0.4 is 5.32 Å². The molecule has 102 valence electrons. The van der Waals surface area contributed by atoms with Crippen molar-refractivity contribution < 1.29 is 9.90 Å². The molecule has 0 unspecified atom stereocenters. The molecule has 1 amide bonds. The van der Waals surface area contributed by atoms with Crippen LogP contribution in [0.1, 0.15) is 27.3 Å². The van der Waals surface area contributed by atoms with E-state index >= 15 is 0 Å². The fraction of sp³-hybridized carbons (Fsp3) is 0.231. The van der Waals surface area contributed by atoms with Crippen molar-refractivity contribution >= 4 is 5.91 Å². The van der Waals surface area contributed by atoms with Crippen LogP contribution in [-0.4, -0.2) is 38.2 Å². The fourth-order valence-electron chi connectivity index (χ4n) is 1.65. The summed E-state index contributed by atoms with van der Waals surface area (Å²) in [4.78, 5) is 12.0. The van der Waals surface area contributed by atoms with Gasteiger partial charge in [0.15, 0.2) is 5.82 Å². The van der Waals surface area contributed by atoms with Gasteiger partial charge in [-0.15, -0.1) is 10.2 Å². The number of carbonyl (C=O) groups is 1. The van der Waals surface area contributed by atoms with Gasteiger partial charge in [0.05, 0.1) is 6.54 Å². The average Bonchev–Trinajstić information content (AvgIpc) is 2.95. The Morgan fingerprint density at radius 3 is 3.00 bits per heavy atom. The number of amides is 1. The molecular formula is C13H13N5O2. The number of aliphatic hydroxyl groups is 1. The third-order valence-electron chi connectivity index (χ3n) is 2.45. The zero-order valence-electron chi connectivity index (χ0n) is 10.8. The number of benzene rings is 1. The SMILES string of the molecule is Cc1cc(C#CCO)cc(C(=O)NCc2nn[nH]n2)c1. The maximum absolute atomic E-state index is 12.0. The Labute approximate surface area is 115 Å². The number of hydrogen-bond donors (Lipinski definition) is 3. The molecule has 0 aliphatic rings. The second-order valence-corrected chi connectivity index (χ2v) is 4.06. The Hall–Kier alpha value is -2.72. The van der Waals surface area contributed by atoms with E-state index in [2.05, 4.69) is 37.8 Å². The minimum Gasteiger partial charge on any atom is -0.384 e. The van der Waals surface area contributed by atoms with Crippen molar-refractivity contribution in [3.05, 3.63) is 40.7 Å². The standard InChI is InChI=1S/C13H13N5O2/c1-9-5-10(3-2-4-19)7-11(6-9)13(20)14-8-12-15-17-18-16-12/h5-7,19H,4,8H2,1H3,(H,14,20)(H,15,16,17,18). The lowest BCUT2D eigenvalue weighted by atomic mass is 10.1. The Morgan fingerprint density at radius 2 is 2.30 bits per heavy atom. The molecule has 7 heteroatoms. The summed E-state index contributed by atoms with van der Waals surface area (Å²) in [5.74, 6) is 5.50. The van der Waals surface area contributed by atoms with Gasteiger partial charge in [-0.05, 0) is 30.7 Å². The maximum atomic E-state index is 12.0. The zero-order chi connectivity index (χ0) is 14.4. The Balaban J connectivity index is 2.10. The van der Waals surface area contributed by atoms with Crippen LogP contribution in [0.5, 0.6) is 0 Å². The lowest BCUT2D eigenvalue weighted by molar-refractivity contribution is 0.0949. The van der Waals surface area contributed by atoms with Gasteiger partial charge in [0, 0.05) is 11.1 Å². The predicted molar refractivity (Wildman–Crippen MR) is 70.5 cm³/mol. The van der Waals surface area contributed by atoms with E-state index in [-0.39, 0.29) is 19.1 Å². The van der Waals surface area contributed by atoms with Crippen molar-refractivity contribution in [1.82, 2.24) is 25.9 Å². The van der Waals surface area contributed by atoms with Gasteiger partial charge in [-0.25, -0.2) is 0 Å². The van der Waals surface area contributed by atoms with Gasteiger partial charge in [-0.1, -0.05) is 17.1 Å². The second-order valence-electron chi connectivity index (χ2n) is 4.06. The number of aromatic amines is 1. The molecule has 7 nitrogen and oxygen atoms in total. The summed E-state index contributed by atoms with van der Waals surface area (Å²) in [5, 5.41) is 24.6. The topological polar surface area (TPSA) is 104 Å². The van der Waals surface area contributed by atoms with Crippen LogP contribution >= 0.6 is 0 Å². The summed E-state index contributed by atoms with van der Waals surface area (Å²) >= 11 is 0. The highest BCUT2D eigenvalue weighted by Gasteiger charge is 2.08. The van der Waals surface area contributed by atoms with Crippen LogP contribution in [0.4, 0.5) is 0 Å². The molecule has 2 aromatic rings. The number of tetrazole rings is 1. The molecule has 0 atom stereocenters. The molecule has 0 aliphatic heterocycles. The third kappa shape index (κ3) is 3.63. The average molecular weight is 271 g/mol. The first-order valence-corrected chi connectivity index (χ1v) is 5.91. The summed E-state index contributed by atoms with van der Waals surface area (Å²) in [6.45, 7) is 1.86. The van der Waals surface area contributed by atoms with Gasteiger partial charge >= 0.3 is 0 Å². The van der Waals surface area contributed by atoms with E-state index < -0.39 is 0 Å². The van der Waals surface area contributed by atoms with E-state index in [1.807, 2.05) is 13.0 Å². The van der Waals surface area contributed by atoms with Crippen molar-refractivity contribution in [3.63, 3.8) is 0 Å². The number of hydrogen-bond acceptors (Lipinski definition) is 5. The summed E-state index contributed by atoms with van der Waals surface area (Å²) in [6, 6.07) is 5.27. The van der Waals surface area contributed by atoms with Gasteiger partial charge in [-0.2, -0.15) is 5.21 Å². The Kier molecular flexibility index (Phi) is 4.42. The number of aryl methyl sites for hydroxylation is 1. The molecule has 2 rings (SSSR count). The van der Waals surface area contributed by atoms with Crippen LogP contribution in [0, 0.1) is 18.8 Å². The lowest BCUT2D eigenvalue weighted by Crippen LogP contribution is -2.23. The fourth-order valence-corrected chi connectivity index (χ4v) is 1.65. The van der Waals surface area contributed by atoms with Gasteiger partial charge in [-0.3, -0.25) is 4.79 Å². The first kappa shape index (κ1) is 13.7. The highest BCUT2D eigenvalue weighted by Crippen LogP contribution is 2.09. The molecule has 3 N–H and O–H groups in total.